The largest absolute Gasteiger partial charge is 0.457 e. The van der Waals surface area contributed by atoms with Gasteiger partial charge in [0.1, 0.15) is 23.0 Å². The van der Waals surface area contributed by atoms with Crippen molar-refractivity contribution in [3.8, 4) is 23.0 Å². The third kappa shape index (κ3) is 5.45. The lowest BCUT2D eigenvalue weighted by molar-refractivity contribution is 0.482. The molecule has 0 saturated carbocycles. The van der Waals surface area contributed by atoms with E-state index < -0.39 is 0 Å². The van der Waals surface area contributed by atoms with Crippen molar-refractivity contribution in [3.05, 3.63) is 144 Å². The minimum absolute atomic E-state index is 0.0762. The molecule has 0 bridgehead atoms. The first-order valence-electron chi connectivity index (χ1n) is 11.5. The van der Waals surface area contributed by atoms with Crippen LogP contribution in [0.1, 0.15) is 22.6 Å². The van der Waals surface area contributed by atoms with Gasteiger partial charge < -0.3 is 20.9 Å². The number of anilines is 2. The van der Waals surface area contributed by atoms with Gasteiger partial charge in [-0.05, 0) is 89.5 Å². The van der Waals surface area contributed by atoms with Crippen molar-refractivity contribution in [2.75, 3.05) is 11.5 Å². The molecule has 0 aliphatic heterocycles. The van der Waals surface area contributed by atoms with E-state index in [1.165, 1.54) is 16.7 Å². The first kappa shape index (κ1) is 22.1. The molecule has 4 heteroatoms. The van der Waals surface area contributed by atoms with Gasteiger partial charge in [0, 0.05) is 17.3 Å². The molecule has 4 N–H and O–H groups in total. The molecule has 5 aromatic carbocycles. The van der Waals surface area contributed by atoms with Crippen LogP contribution >= 0.6 is 0 Å². The fraction of sp³-hybridized carbons (Fsp3) is 0.0323. The highest BCUT2D eigenvalue weighted by Crippen LogP contribution is 2.35. The summed E-state index contributed by atoms with van der Waals surface area (Å²) >= 11 is 0. The van der Waals surface area contributed by atoms with Crippen molar-refractivity contribution in [2.45, 2.75) is 5.92 Å². The Morgan fingerprint density at radius 1 is 0.371 bits per heavy atom. The van der Waals surface area contributed by atoms with Crippen LogP contribution in [-0.2, 0) is 0 Å². The lowest BCUT2D eigenvalue weighted by Gasteiger charge is -2.20. The van der Waals surface area contributed by atoms with Crippen molar-refractivity contribution >= 4 is 11.4 Å². The molecule has 0 spiro atoms. The molecular formula is C31H26N2O2. The van der Waals surface area contributed by atoms with Crippen molar-refractivity contribution in [2.24, 2.45) is 0 Å². The van der Waals surface area contributed by atoms with Crippen LogP contribution in [0.25, 0.3) is 0 Å². The third-order valence-corrected chi connectivity index (χ3v) is 5.79. The van der Waals surface area contributed by atoms with Crippen molar-refractivity contribution in [3.63, 3.8) is 0 Å². The first-order valence-corrected chi connectivity index (χ1v) is 11.5. The number of benzene rings is 5. The molecule has 5 rings (SSSR count). The van der Waals surface area contributed by atoms with E-state index in [9.17, 15) is 0 Å². The summed E-state index contributed by atoms with van der Waals surface area (Å²) in [6, 6.07) is 41.7. The first-order chi connectivity index (χ1) is 17.1. The molecular weight excluding hydrogens is 432 g/mol. The number of rotatable bonds is 7. The van der Waals surface area contributed by atoms with Gasteiger partial charge in [-0.2, -0.15) is 0 Å². The molecule has 0 unspecified atom stereocenters. The zero-order valence-electron chi connectivity index (χ0n) is 19.2. The molecule has 0 saturated heterocycles. The average Bonchev–Trinajstić information content (AvgIpc) is 2.90. The Morgan fingerprint density at radius 2 is 0.686 bits per heavy atom. The number of hydrogen-bond donors (Lipinski definition) is 2. The van der Waals surface area contributed by atoms with Crippen LogP contribution < -0.4 is 20.9 Å². The van der Waals surface area contributed by atoms with Gasteiger partial charge in [-0.15, -0.1) is 0 Å². The van der Waals surface area contributed by atoms with Crippen LogP contribution in [0.5, 0.6) is 23.0 Å². The minimum atomic E-state index is 0.0762. The Kier molecular flexibility index (Phi) is 6.35. The van der Waals surface area contributed by atoms with E-state index in [0.717, 1.165) is 23.0 Å². The molecule has 0 heterocycles. The van der Waals surface area contributed by atoms with E-state index in [-0.39, 0.29) is 5.92 Å². The summed E-state index contributed by atoms with van der Waals surface area (Å²) in [5, 5.41) is 0. The maximum absolute atomic E-state index is 5.98. The minimum Gasteiger partial charge on any atom is -0.457 e. The lowest BCUT2D eigenvalue weighted by atomic mass is 9.85. The molecule has 4 nitrogen and oxygen atoms in total. The van der Waals surface area contributed by atoms with Crippen molar-refractivity contribution < 1.29 is 9.47 Å². The maximum atomic E-state index is 5.98. The van der Waals surface area contributed by atoms with Gasteiger partial charge in [0.05, 0.1) is 0 Å². The second-order valence-electron chi connectivity index (χ2n) is 8.32. The SMILES string of the molecule is Nc1ccc(Oc2ccc(C(c3ccccc3)c3ccc(Oc4ccc(N)cc4)cc3)cc2)cc1. The van der Waals surface area contributed by atoms with Crippen LogP contribution in [0.15, 0.2) is 127 Å². The predicted molar refractivity (Wildman–Crippen MR) is 142 cm³/mol. The highest BCUT2D eigenvalue weighted by Gasteiger charge is 2.17. The Morgan fingerprint density at radius 3 is 1.06 bits per heavy atom. The van der Waals surface area contributed by atoms with Crippen molar-refractivity contribution in [1.29, 1.82) is 0 Å². The van der Waals surface area contributed by atoms with E-state index >= 15 is 0 Å². The summed E-state index contributed by atoms with van der Waals surface area (Å²) in [4.78, 5) is 0. The van der Waals surface area contributed by atoms with Gasteiger partial charge in [-0.1, -0.05) is 54.6 Å². The summed E-state index contributed by atoms with van der Waals surface area (Å²) in [6.45, 7) is 0. The third-order valence-electron chi connectivity index (χ3n) is 5.79. The fourth-order valence-corrected chi connectivity index (χ4v) is 4.02. The molecule has 35 heavy (non-hydrogen) atoms. The molecule has 0 aliphatic carbocycles. The van der Waals surface area contributed by atoms with E-state index in [0.29, 0.717) is 11.4 Å². The van der Waals surface area contributed by atoms with Gasteiger partial charge in [-0.25, -0.2) is 0 Å². The molecule has 172 valence electrons. The van der Waals surface area contributed by atoms with Crippen molar-refractivity contribution in [1.82, 2.24) is 0 Å². The second kappa shape index (κ2) is 10.1. The predicted octanol–water partition coefficient (Wildman–Crippen LogP) is 7.62. The smallest absolute Gasteiger partial charge is 0.127 e. The maximum Gasteiger partial charge on any atom is 0.127 e. The topological polar surface area (TPSA) is 70.5 Å². The molecule has 0 radical (unpaired) electrons. The fourth-order valence-electron chi connectivity index (χ4n) is 4.02. The van der Waals surface area contributed by atoms with Crippen LogP contribution in [0.2, 0.25) is 0 Å². The van der Waals surface area contributed by atoms with E-state index in [1.54, 1.807) is 0 Å². The van der Waals surface area contributed by atoms with Gasteiger partial charge in [0.2, 0.25) is 0 Å². The molecule has 0 fully saturated rings. The zero-order valence-corrected chi connectivity index (χ0v) is 19.2. The molecule has 0 amide bonds. The summed E-state index contributed by atoms with van der Waals surface area (Å²) in [7, 11) is 0. The normalized spacial score (nSPS) is 10.8. The van der Waals surface area contributed by atoms with Gasteiger partial charge >= 0.3 is 0 Å². The summed E-state index contributed by atoms with van der Waals surface area (Å²) in [5.41, 5.74) is 16.5. The summed E-state index contributed by atoms with van der Waals surface area (Å²) in [5.74, 6) is 3.13. The Hall–Kier alpha value is -4.70. The molecule has 0 atom stereocenters. The lowest BCUT2D eigenvalue weighted by Crippen LogP contribution is -2.03. The van der Waals surface area contributed by atoms with Crippen LogP contribution in [0.3, 0.4) is 0 Å². The van der Waals surface area contributed by atoms with Gasteiger partial charge in [0.15, 0.2) is 0 Å². The number of nitrogens with two attached hydrogens (primary N) is 2. The number of hydrogen-bond acceptors (Lipinski definition) is 4. The monoisotopic (exact) mass is 458 g/mol. The highest BCUT2D eigenvalue weighted by atomic mass is 16.5. The van der Waals surface area contributed by atoms with Gasteiger partial charge in [-0.3, -0.25) is 0 Å². The Labute approximate surface area is 205 Å². The van der Waals surface area contributed by atoms with E-state index in [1.807, 2.05) is 78.9 Å². The molecule has 0 aromatic heterocycles. The summed E-state index contributed by atoms with van der Waals surface area (Å²) < 4.78 is 12.0. The quantitative estimate of drug-likeness (QED) is 0.194. The van der Waals surface area contributed by atoms with Crippen LogP contribution in [-0.4, -0.2) is 0 Å². The zero-order chi connectivity index (χ0) is 24.0. The van der Waals surface area contributed by atoms with Gasteiger partial charge in [0.25, 0.3) is 0 Å². The number of nitrogen functional groups attached to an aromatic ring is 2. The molecule has 5 aromatic rings. The Bertz CT molecular complexity index is 1270. The Balaban J connectivity index is 1.40. The summed E-state index contributed by atoms with van der Waals surface area (Å²) in [6.07, 6.45) is 0. The van der Waals surface area contributed by atoms with E-state index in [4.69, 9.17) is 20.9 Å². The van der Waals surface area contributed by atoms with Crippen LogP contribution in [0, 0.1) is 0 Å². The second-order valence-corrected chi connectivity index (χ2v) is 8.32. The molecule has 0 aliphatic rings. The van der Waals surface area contributed by atoms with Crippen LogP contribution in [0.4, 0.5) is 11.4 Å². The highest BCUT2D eigenvalue weighted by molar-refractivity contribution is 5.48. The standard InChI is InChI=1S/C31H26N2O2/c32-25-10-18-29(19-11-25)34-27-14-6-23(7-15-27)31(22-4-2-1-3-5-22)24-8-16-28(17-9-24)35-30-20-12-26(33)13-21-30/h1-21,31H,32-33H2. The number of ether oxygens (including phenoxy) is 2. The van der Waals surface area contributed by atoms with E-state index in [2.05, 4.69) is 48.5 Å². The average molecular weight is 459 g/mol.